The van der Waals surface area contributed by atoms with Gasteiger partial charge in [-0.1, -0.05) is 47.5 Å². The Balaban J connectivity index is 1.86. The average molecular weight is 542 g/mol. The van der Waals surface area contributed by atoms with Crippen LogP contribution in [-0.2, 0) is 0 Å². The number of nitrogens with one attached hydrogen (secondary N) is 1. The first-order valence-corrected chi connectivity index (χ1v) is 11.3. The van der Waals surface area contributed by atoms with E-state index in [0.717, 1.165) is 21.7 Å². The summed E-state index contributed by atoms with van der Waals surface area (Å²) in [5.41, 5.74) is 3.53. The number of aromatic nitrogens is 4. The number of nitrogen functional groups attached to an aromatic ring is 1. The van der Waals surface area contributed by atoms with E-state index in [1.165, 1.54) is 18.5 Å². The number of nitrogens with two attached hydrogens (primary N) is 2. The second kappa shape index (κ2) is 9.28. The minimum Gasteiger partial charge on any atom is -0.397 e. The fourth-order valence-corrected chi connectivity index (χ4v) is 4.17. The third kappa shape index (κ3) is 4.18. The molecule has 5 aromatic rings. The molecule has 5 N–H and O–H groups in total. The van der Waals surface area contributed by atoms with Crippen molar-refractivity contribution in [3.05, 3.63) is 104 Å². The maximum Gasteiger partial charge on any atom is 0.333 e. The van der Waals surface area contributed by atoms with Gasteiger partial charge in [0, 0.05) is 40.9 Å². The molecule has 2 aromatic carbocycles. The maximum atomic E-state index is 14.1. The van der Waals surface area contributed by atoms with E-state index in [9.17, 15) is 18.4 Å². The quantitative estimate of drug-likeness (QED) is 0.133. The fraction of sp³-hybridized carbons (Fsp3) is 0. The molecule has 0 fully saturated rings. The Kier molecular flexibility index (Phi) is 6.12. The summed E-state index contributed by atoms with van der Waals surface area (Å²) in [6, 6.07) is 9.80. The predicted octanol–water partition coefficient (Wildman–Crippen LogP) is 4.32. The molecule has 0 amide bonds. The lowest BCUT2D eigenvalue weighted by atomic mass is 10.1. The normalized spacial score (nSPS) is 11.2. The molecule has 0 aliphatic carbocycles. The molecule has 0 unspecified atom stereocenters. The summed E-state index contributed by atoms with van der Waals surface area (Å²) in [4.78, 5) is 38.0. The van der Waals surface area contributed by atoms with Gasteiger partial charge in [0.15, 0.2) is 11.6 Å². The molecule has 0 bridgehead atoms. The zero-order valence-corrected chi connectivity index (χ0v) is 20.1. The van der Waals surface area contributed by atoms with Crippen molar-refractivity contribution in [2.75, 3.05) is 10.7 Å². The van der Waals surface area contributed by atoms with E-state index < -0.39 is 22.9 Å². The Morgan fingerprint density at radius 2 is 1.73 bits per heavy atom. The molecule has 3 aromatic heterocycles. The van der Waals surface area contributed by atoms with Crippen LogP contribution >= 0.6 is 23.2 Å². The minimum atomic E-state index is -1.25. The van der Waals surface area contributed by atoms with E-state index in [1.807, 2.05) is 0 Å². The van der Waals surface area contributed by atoms with Crippen LogP contribution in [0, 0.1) is 11.6 Å². The summed E-state index contributed by atoms with van der Waals surface area (Å²) in [7, 11) is 0. The summed E-state index contributed by atoms with van der Waals surface area (Å²) >= 11 is 12.0. The summed E-state index contributed by atoms with van der Waals surface area (Å²) in [5, 5.41) is 1.99. The van der Waals surface area contributed by atoms with Crippen LogP contribution in [0.3, 0.4) is 0 Å². The highest BCUT2D eigenvalue weighted by atomic mass is 35.5. The molecule has 13 heteroatoms. The van der Waals surface area contributed by atoms with E-state index in [0.29, 0.717) is 10.8 Å². The molecule has 37 heavy (non-hydrogen) atoms. The maximum absolute atomic E-state index is 14.1. The number of nitrogens with zero attached hydrogens (tertiary/aromatic N) is 4. The Hall–Kier alpha value is -4.32. The van der Waals surface area contributed by atoms with E-state index in [1.54, 1.807) is 30.5 Å². The molecule has 0 radical (unpaired) electrons. The van der Waals surface area contributed by atoms with Crippen molar-refractivity contribution in [1.29, 1.82) is 0 Å². The van der Waals surface area contributed by atoms with Gasteiger partial charge in [0.25, 0.3) is 5.56 Å². The van der Waals surface area contributed by atoms with Gasteiger partial charge in [-0.15, -0.1) is 0 Å². The number of rotatable bonds is 4. The lowest BCUT2D eigenvalue weighted by Gasteiger charge is -2.23. The van der Waals surface area contributed by atoms with Crippen molar-refractivity contribution < 1.29 is 8.78 Å². The van der Waals surface area contributed by atoms with Crippen LogP contribution in [0.1, 0.15) is 0 Å². The molecule has 0 saturated heterocycles. The third-order valence-electron chi connectivity index (χ3n) is 5.62. The number of H-pyrrole nitrogens is 1. The van der Waals surface area contributed by atoms with Gasteiger partial charge in [-0.25, -0.2) is 29.0 Å². The Morgan fingerprint density at radius 1 is 1.00 bits per heavy atom. The van der Waals surface area contributed by atoms with E-state index in [4.69, 9.17) is 34.8 Å². The predicted molar refractivity (Wildman–Crippen MR) is 138 cm³/mol. The first-order chi connectivity index (χ1) is 17.7. The van der Waals surface area contributed by atoms with Crippen LogP contribution in [0.5, 0.6) is 0 Å². The number of halogens is 4. The largest absolute Gasteiger partial charge is 0.397 e. The van der Waals surface area contributed by atoms with Crippen LogP contribution in [0.25, 0.3) is 27.7 Å². The van der Waals surface area contributed by atoms with Crippen molar-refractivity contribution in [2.24, 2.45) is 5.84 Å². The molecule has 0 atom stereocenters. The number of fused-ring (bicyclic) bond motifs is 1. The molecule has 9 nitrogen and oxygen atoms in total. The number of anilines is 3. The molecular weight excluding hydrogens is 527 g/mol. The first kappa shape index (κ1) is 24.4. The zero-order chi connectivity index (χ0) is 26.4. The zero-order valence-electron chi connectivity index (χ0n) is 18.5. The second-order valence-electron chi connectivity index (χ2n) is 7.87. The van der Waals surface area contributed by atoms with Crippen LogP contribution in [-0.4, -0.2) is 19.5 Å². The SMILES string of the molecule is Nc1cc(F)c(F)cc1N(N)c1c(-c2cnc(Cl)c(Cl)c2)[nH]c(=O)n(-c2cncc3ccccc23)c1=O. The van der Waals surface area contributed by atoms with Gasteiger partial charge >= 0.3 is 5.69 Å². The molecule has 0 aliphatic rings. The number of hydrazine groups is 1. The van der Waals surface area contributed by atoms with Crippen LogP contribution in [0.15, 0.2) is 70.6 Å². The van der Waals surface area contributed by atoms with Gasteiger partial charge in [0.2, 0.25) is 0 Å². The summed E-state index contributed by atoms with van der Waals surface area (Å²) < 4.78 is 28.7. The summed E-state index contributed by atoms with van der Waals surface area (Å²) in [6.45, 7) is 0. The van der Waals surface area contributed by atoms with Crippen molar-refractivity contribution >= 4 is 51.0 Å². The number of aromatic amines is 1. The highest BCUT2D eigenvalue weighted by Gasteiger charge is 2.25. The van der Waals surface area contributed by atoms with E-state index in [-0.39, 0.29) is 44.2 Å². The lowest BCUT2D eigenvalue weighted by molar-refractivity contribution is 0.509. The minimum absolute atomic E-state index is 0.0149. The highest BCUT2D eigenvalue weighted by molar-refractivity contribution is 6.41. The van der Waals surface area contributed by atoms with Gasteiger partial charge in [-0.2, -0.15) is 0 Å². The monoisotopic (exact) mass is 541 g/mol. The molecule has 186 valence electrons. The van der Waals surface area contributed by atoms with Crippen LogP contribution in [0.2, 0.25) is 10.2 Å². The van der Waals surface area contributed by atoms with Gasteiger partial charge in [-0.05, 0) is 6.07 Å². The van der Waals surface area contributed by atoms with Crippen LogP contribution < -0.4 is 27.8 Å². The van der Waals surface area contributed by atoms with E-state index in [2.05, 4.69) is 15.0 Å². The smallest absolute Gasteiger partial charge is 0.333 e. The van der Waals surface area contributed by atoms with Crippen molar-refractivity contribution in [3.8, 4) is 16.9 Å². The second-order valence-corrected chi connectivity index (χ2v) is 8.63. The lowest BCUT2D eigenvalue weighted by Crippen LogP contribution is -2.41. The highest BCUT2D eigenvalue weighted by Crippen LogP contribution is 2.34. The molecular formula is C24H15Cl2F2N7O2. The van der Waals surface area contributed by atoms with Gasteiger partial charge in [-0.3, -0.25) is 14.8 Å². The Bertz CT molecular complexity index is 1820. The van der Waals surface area contributed by atoms with Crippen molar-refractivity contribution in [1.82, 2.24) is 19.5 Å². The molecule has 0 spiro atoms. The third-order valence-corrected chi connectivity index (χ3v) is 6.31. The number of hydrogen-bond acceptors (Lipinski definition) is 7. The molecule has 0 aliphatic heterocycles. The van der Waals surface area contributed by atoms with Gasteiger partial charge in [0.05, 0.1) is 34.0 Å². The van der Waals surface area contributed by atoms with E-state index >= 15 is 0 Å². The Labute approximate surface area is 216 Å². The number of hydrogen-bond donors (Lipinski definition) is 3. The van der Waals surface area contributed by atoms with Crippen LogP contribution in [0.4, 0.5) is 25.8 Å². The van der Waals surface area contributed by atoms with Gasteiger partial charge in [0.1, 0.15) is 10.8 Å². The van der Waals surface area contributed by atoms with Gasteiger partial charge < -0.3 is 10.7 Å². The standard InChI is InChI=1S/C24H15Cl2F2N7O2/c25-14-5-12(9-32-22(14)26)20-21(35(30)18-7-16(28)15(27)6-17(18)29)23(36)34(24(37)33-20)19-10-31-8-11-3-1-2-4-13(11)19/h1-10H,29-30H2,(H,33,37). The Morgan fingerprint density at radius 3 is 2.49 bits per heavy atom. The topological polar surface area (TPSA) is 136 Å². The molecule has 5 rings (SSSR count). The average Bonchev–Trinajstić information content (AvgIpc) is 2.87. The first-order valence-electron chi connectivity index (χ1n) is 10.5. The summed E-state index contributed by atoms with van der Waals surface area (Å²) in [5.74, 6) is 3.83. The summed E-state index contributed by atoms with van der Waals surface area (Å²) in [6.07, 6.45) is 4.18. The number of benzene rings is 2. The fourth-order valence-electron chi connectivity index (χ4n) is 3.90. The number of pyridine rings is 2. The van der Waals surface area contributed by atoms with Crippen molar-refractivity contribution in [3.63, 3.8) is 0 Å². The molecule has 3 heterocycles. The molecule has 0 saturated carbocycles. The van der Waals surface area contributed by atoms with Crippen molar-refractivity contribution in [2.45, 2.75) is 0 Å².